The molecule has 0 bridgehead atoms. The second-order valence-corrected chi connectivity index (χ2v) is 19.9. The van der Waals surface area contributed by atoms with Crippen molar-refractivity contribution in [2.24, 2.45) is 0 Å². The third kappa shape index (κ3) is 12.0. The van der Waals surface area contributed by atoms with E-state index in [9.17, 15) is 19.5 Å². The van der Waals surface area contributed by atoms with Gasteiger partial charge in [-0.05, 0) is 79.6 Å². The first-order chi connectivity index (χ1) is 31.6. The molecular weight excluding hydrogens is 1080 g/mol. The standard InChI is InChI=1S/C20H22ClNO4S.C16H12ClIO2S.C13H7ClO2S.Na/c21-15-6-7-16(26-13-3-8-22(9-11-23)10-12-24)20-18(15)19(25)14-4-1-2-5-17(14)27-20;17-11-6-7-12(20-9-3-8-18)16-14(11)15(19)10-4-1-2-5-13(10)21-16;14-8-5-6-9(15)13-11(8)12(16)7-3-1-2-4-10(7)17-13;/h1-2,4-7,23-24H,3,8-13H2;1-2,4-7H,3,8-9H2;1-6,15H;/q;;;+1/p-1. The third-order valence-corrected chi connectivity index (χ3v) is 15.4. The van der Waals surface area contributed by atoms with Crippen LogP contribution in [0.15, 0.2) is 124 Å². The predicted octanol–water partition coefficient (Wildman–Crippen LogP) is 8.54. The largest absolute Gasteiger partial charge is 1.00 e. The van der Waals surface area contributed by atoms with Crippen LogP contribution in [0.4, 0.5) is 0 Å². The summed E-state index contributed by atoms with van der Waals surface area (Å²) in [6, 6.07) is 32.3. The Hall–Kier alpha value is -3.13. The topological polar surface area (TPSA) is 136 Å². The van der Waals surface area contributed by atoms with Crippen molar-refractivity contribution in [2.75, 3.05) is 50.5 Å². The minimum atomic E-state index is -0.169. The van der Waals surface area contributed by atoms with E-state index < -0.39 is 0 Å². The van der Waals surface area contributed by atoms with Crippen LogP contribution in [-0.2, 0) is 0 Å². The van der Waals surface area contributed by atoms with Crippen LogP contribution in [0, 0.1) is 0 Å². The summed E-state index contributed by atoms with van der Waals surface area (Å²) in [6.45, 7) is 3.00. The summed E-state index contributed by atoms with van der Waals surface area (Å²) in [5.41, 5.74) is -0.271. The van der Waals surface area contributed by atoms with E-state index in [1.807, 2.05) is 71.6 Å². The molecule has 0 saturated heterocycles. The molecule has 3 heterocycles. The molecule has 0 aliphatic rings. The van der Waals surface area contributed by atoms with Crippen molar-refractivity contribution in [2.45, 2.75) is 12.8 Å². The zero-order valence-corrected chi connectivity index (χ0v) is 44.4. The molecule has 17 heteroatoms. The van der Waals surface area contributed by atoms with E-state index >= 15 is 0 Å². The molecule has 6 aromatic carbocycles. The summed E-state index contributed by atoms with van der Waals surface area (Å²) >= 11 is 25.2. The van der Waals surface area contributed by atoms with Crippen molar-refractivity contribution >= 4 is 152 Å². The summed E-state index contributed by atoms with van der Waals surface area (Å²) in [5.74, 6) is 1.24. The quantitative estimate of drug-likeness (QED) is 0.0383. The smallest absolute Gasteiger partial charge is 0.871 e. The second kappa shape index (κ2) is 24.9. The van der Waals surface area contributed by atoms with Gasteiger partial charge < -0.3 is 24.8 Å². The molecule has 2 N–H and O–H groups in total. The molecule has 9 aromatic rings. The number of fused-ring (bicyclic) bond motifs is 6. The SMILES string of the molecule is O=c1c2ccccc2sc2c(OCCCI)ccc(Cl)c12.O=c1c2ccccc2sc2c(OCCCN(CCO)CCO)ccc(Cl)c12.O=c1c2ccccc2sc2c([O-])ccc(Cl)c12.[Na+]. The maximum atomic E-state index is 12.8. The Morgan fingerprint density at radius 3 is 1.33 bits per heavy atom. The number of aliphatic hydroxyl groups is 2. The van der Waals surface area contributed by atoms with Gasteiger partial charge in [0.15, 0.2) is 16.3 Å². The number of rotatable bonds is 13. The molecule has 0 aliphatic carbocycles. The molecular formula is C49H40Cl3INNaO8S3. The van der Waals surface area contributed by atoms with Gasteiger partial charge in [0, 0.05) is 59.0 Å². The van der Waals surface area contributed by atoms with Crippen molar-refractivity contribution in [3.05, 3.63) is 155 Å². The maximum absolute atomic E-state index is 12.8. The molecule has 3 aromatic heterocycles. The number of aliphatic hydroxyl groups excluding tert-OH is 2. The molecule has 0 aliphatic heterocycles. The fourth-order valence-electron chi connectivity index (χ4n) is 7.07. The Labute approximate surface area is 442 Å². The van der Waals surface area contributed by atoms with E-state index in [-0.39, 0.29) is 64.8 Å². The second-order valence-electron chi connectivity index (χ2n) is 14.4. The van der Waals surface area contributed by atoms with E-state index in [4.69, 9.17) is 54.5 Å². The Balaban J connectivity index is 0.000000167. The van der Waals surface area contributed by atoms with Gasteiger partial charge in [0.05, 0.1) is 67.1 Å². The number of hydrogen-bond donors (Lipinski definition) is 2. The monoisotopic (exact) mass is 1120 g/mol. The zero-order valence-electron chi connectivity index (χ0n) is 35.5. The van der Waals surface area contributed by atoms with Crippen molar-refractivity contribution < 1.29 is 54.4 Å². The summed E-state index contributed by atoms with van der Waals surface area (Å²) in [4.78, 5) is 39.7. The van der Waals surface area contributed by atoms with E-state index in [2.05, 4.69) is 22.6 Å². The zero-order chi connectivity index (χ0) is 46.0. The van der Waals surface area contributed by atoms with Crippen molar-refractivity contribution in [1.82, 2.24) is 4.90 Å². The molecule has 66 heavy (non-hydrogen) atoms. The van der Waals surface area contributed by atoms with Crippen LogP contribution in [0.2, 0.25) is 15.1 Å². The van der Waals surface area contributed by atoms with E-state index in [0.29, 0.717) is 90.7 Å². The van der Waals surface area contributed by atoms with E-state index in [1.54, 1.807) is 41.7 Å². The molecule has 0 amide bonds. The Kier molecular flexibility index (Phi) is 19.7. The first kappa shape index (κ1) is 52.2. The maximum Gasteiger partial charge on any atom is 1.00 e. The molecule has 0 spiro atoms. The van der Waals surface area contributed by atoms with Gasteiger partial charge in [-0.1, -0.05) is 106 Å². The van der Waals surface area contributed by atoms with Crippen LogP contribution in [0.25, 0.3) is 60.5 Å². The van der Waals surface area contributed by atoms with E-state index in [0.717, 1.165) is 46.5 Å². The molecule has 0 radical (unpaired) electrons. The summed E-state index contributed by atoms with van der Waals surface area (Å²) in [6.07, 6.45) is 1.72. The molecule has 0 fully saturated rings. The van der Waals surface area contributed by atoms with Crippen LogP contribution in [0.5, 0.6) is 17.2 Å². The minimum absolute atomic E-state index is 0. The molecule has 0 saturated carbocycles. The van der Waals surface area contributed by atoms with Gasteiger partial charge >= 0.3 is 29.6 Å². The minimum Gasteiger partial charge on any atom is -0.871 e. The molecule has 0 unspecified atom stereocenters. The molecule has 9 nitrogen and oxygen atoms in total. The summed E-state index contributed by atoms with van der Waals surface area (Å²) in [5, 5.41) is 34.5. The molecule has 9 rings (SSSR count). The van der Waals surface area contributed by atoms with Crippen LogP contribution in [0.1, 0.15) is 12.8 Å². The van der Waals surface area contributed by atoms with Gasteiger partial charge in [-0.15, -0.1) is 34.0 Å². The average Bonchev–Trinajstić information content (AvgIpc) is 3.31. The fourth-order valence-corrected chi connectivity index (χ4v) is 11.7. The third-order valence-electron chi connectivity index (χ3n) is 10.2. The normalized spacial score (nSPS) is 11.1. The first-order valence-corrected chi connectivity index (χ1v) is 25.5. The number of benzene rings is 6. The number of alkyl halides is 1. The number of ether oxygens (including phenoxy) is 2. The van der Waals surface area contributed by atoms with Crippen molar-refractivity contribution in [3.8, 4) is 17.2 Å². The van der Waals surface area contributed by atoms with Gasteiger partial charge in [-0.25, -0.2) is 0 Å². The van der Waals surface area contributed by atoms with Crippen LogP contribution >= 0.6 is 91.4 Å². The average molecular weight is 1120 g/mol. The molecule has 0 atom stereocenters. The van der Waals surface area contributed by atoms with E-state index in [1.165, 1.54) is 34.8 Å². The van der Waals surface area contributed by atoms with Gasteiger partial charge in [0.25, 0.3) is 0 Å². The van der Waals surface area contributed by atoms with Gasteiger partial charge in [-0.3, -0.25) is 19.3 Å². The summed E-state index contributed by atoms with van der Waals surface area (Å²) < 4.78 is 17.5. The fraction of sp³-hybridized carbons (Fsp3) is 0.204. The van der Waals surface area contributed by atoms with Gasteiger partial charge in [-0.2, -0.15) is 0 Å². The summed E-state index contributed by atoms with van der Waals surface area (Å²) in [7, 11) is 0. The molecule has 336 valence electrons. The Morgan fingerprint density at radius 2 is 0.909 bits per heavy atom. The van der Waals surface area contributed by atoms with Crippen molar-refractivity contribution in [1.29, 1.82) is 0 Å². The van der Waals surface area contributed by atoms with Crippen LogP contribution in [-0.4, -0.2) is 65.6 Å². The first-order valence-electron chi connectivity index (χ1n) is 20.4. The van der Waals surface area contributed by atoms with Crippen molar-refractivity contribution in [3.63, 3.8) is 0 Å². The Bertz CT molecular complexity index is 3330. The number of hydrogen-bond acceptors (Lipinski definition) is 12. The number of halogens is 4. The predicted molar refractivity (Wildman–Crippen MR) is 281 cm³/mol. The van der Waals surface area contributed by atoms with Gasteiger partial charge in [0.1, 0.15) is 11.5 Å². The van der Waals surface area contributed by atoms with Gasteiger partial charge in [0.2, 0.25) is 0 Å². The van der Waals surface area contributed by atoms with Crippen LogP contribution < -0.4 is 60.4 Å². The van der Waals surface area contributed by atoms with Crippen LogP contribution in [0.3, 0.4) is 0 Å². The Morgan fingerprint density at radius 1 is 0.530 bits per heavy atom. The number of nitrogens with zero attached hydrogens (tertiary/aromatic N) is 1.